The highest BCUT2D eigenvalue weighted by Gasteiger charge is 2.32. The Bertz CT molecular complexity index is 868. The summed E-state index contributed by atoms with van der Waals surface area (Å²) in [6, 6.07) is 11.4. The van der Waals surface area contributed by atoms with E-state index >= 15 is 0 Å². The molecule has 6 nitrogen and oxygen atoms in total. The number of nitrogens with one attached hydrogen (secondary N) is 1. The Balaban J connectivity index is 1.74. The van der Waals surface area contributed by atoms with Crippen LogP contribution in [0, 0.1) is 6.92 Å². The summed E-state index contributed by atoms with van der Waals surface area (Å²) in [4.78, 5) is 15.0. The molecule has 1 unspecified atom stereocenters. The largest absolute Gasteiger partial charge is 0.497 e. The predicted octanol–water partition coefficient (Wildman–Crippen LogP) is 5.56. The van der Waals surface area contributed by atoms with Crippen LogP contribution in [0.5, 0.6) is 17.2 Å². The van der Waals surface area contributed by atoms with Gasteiger partial charge in [-0.2, -0.15) is 0 Å². The van der Waals surface area contributed by atoms with E-state index in [0.29, 0.717) is 13.2 Å². The third-order valence-corrected chi connectivity index (χ3v) is 5.52. The number of carbonyl (C=O) groups is 1. The summed E-state index contributed by atoms with van der Waals surface area (Å²) in [7, 11) is 3.29. The lowest BCUT2D eigenvalue weighted by atomic mass is 10.0. The van der Waals surface area contributed by atoms with Crippen molar-refractivity contribution in [3.63, 3.8) is 0 Å². The van der Waals surface area contributed by atoms with E-state index in [1.807, 2.05) is 48.2 Å². The summed E-state index contributed by atoms with van der Waals surface area (Å²) in [6.45, 7) is 5.53. The van der Waals surface area contributed by atoms with E-state index in [2.05, 4.69) is 12.2 Å². The molecule has 1 saturated heterocycles. The van der Waals surface area contributed by atoms with E-state index in [0.717, 1.165) is 59.7 Å². The van der Waals surface area contributed by atoms with Gasteiger partial charge in [0.25, 0.3) is 0 Å². The van der Waals surface area contributed by atoms with Crippen LogP contribution < -0.4 is 19.5 Å². The van der Waals surface area contributed by atoms with Crippen molar-refractivity contribution in [2.45, 2.75) is 45.6 Å². The van der Waals surface area contributed by atoms with Crippen molar-refractivity contribution in [3.05, 3.63) is 47.5 Å². The number of hydrogen-bond donors (Lipinski definition) is 1. The quantitative estimate of drug-likeness (QED) is 0.577. The first kappa shape index (κ1) is 21.8. The Morgan fingerprint density at radius 1 is 1.13 bits per heavy atom. The van der Waals surface area contributed by atoms with Gasteiger partial charge in [0.15, 0.2) is 0 Å². The van der Waals surface area contributed by atoms with Crippen LogP contribution in [0.3, 0.4) is 0 Å². The number of aryl methyl sites for hydroxylation is 1. The maximum atomic E-state index is 13.1. The van der Waals surface area contributed by atoms with Crippen molar-refractivity contribution in [1.29, 1.82) is 0 Å². The summed E-state index contributed by atoms with van der Waals surface area (Å²) in [5.74, 6) is 2.36. The molecule has 3 rings (SSSR count). The predicted molar refractivity (Wildman–Crippen MR) is 119 cm³/mol. The Morgan fingerprint density at radius 3 is 2.63 bits per heavy atom. The van der Waals surface area contributed by atoms with E-state index < -0.39 is 0 Å². The molecule has 0 saturated carbocycles. The van der Waals surface area contributed by atoms with Crippen LogP contribution in [-0.4, -0.2) is 38.3 Å². The maximum Gasteiger partial charge on any atom is 0.322 e. The number of benzene rings is 2. The van der Waals surface area contributed by atoms with E-state index in [1.54, 1.807) is 14.2 Å². The molecule has 0 aliphatic carbocycles. The van der Waals surface area contributed by atoms with Crippen LogP contribution in [-0.2, 0) is 0 Å². The first-order valence-electron chi connectivity index (χ1n) is 10.6. The smallest absolute Gasteiger partial charge is 0.322 e. The zero-order chi connectivity index (χ0) is 21.5. The Kier molecular flexibility index (Phi) is 7.44. The second kappa shape index (κ2) is 10.2. The number of unbranched alkanes of at least 4 members (excludes halogenated alkanes) is 1. The van der Waals surface area contributed by atoms with Gasteiger partial charge >= 0.3 is 6.03 Å². The number of anilines is 1. The van der Waals surface area contributed by atoms with E-state index in [4.69, 9.17) is 14.2 Å². The second-order valence-corrected chi connectivity index (χ2v) is 7.57. The van der Waals surface area contributed by atoms with Gasteiger partial charge in [0.05, 0.1) is 26.9 Å². The van der Waals surface area contributed by atoms with Crippen LogP contribution >= 0.6 is 0 Å². The molecule has 2 amide bonds. The van der Waals surface area contributed by atoms with E-state index in [-0.39, 0.29) is 12.1 Å². The molecule has 1 aliphatic heterocycles. The number of amides is 2. The van der Waals surface area contributed by atoms with Crippen LogP contribution in [0.2, 0.25) is 0 Å². The number of nitrogens with zero attached hydrogens (tertiary/aromatic N) is 1. The number of ether oxygens (including phenoxy) is 3. The van der Waals surface area contributed by atoms with Crippen molar-refractivity contribution in [1.82, 2.24) is 4.90 Å². The van der Waals surface area contributed by atoms with Gasteiger partial charge in [0.2, 0.25) is 0 Å². The van der Waals surface area contributed by atoms with Gasteiger partial charge in [0, 0.05) is 17.8 Å². The van der Waals surface area contributed by atoms with Gasteiger partial charge in [-0.15, -0.1) is 0 Å². The van der Waals surface area contributed by atoms with Crippen LogP contribution in [0.1, 0.15) is 49.8 Å². The van der Waals surface area contributed by atoms with E-state index in [1.165, 1.54) is 0 Å². The molecule has 2 aromatic rings. The molecule has 0 radical (unpaired) electrons. The number of carbonyl (C=O) groups excluding carboxylic acids is 1. The molecule has 30 heavy (non-hydrogen) atoms. The molecule has 6 heteroatoms. The van der Waals surface area contributed by atoms with E-state index in [9.17, 15) is 4.79 Å². The Morgan fingerprint density at radius 2 is 1.93 bits per heavy atom. The second-order valence-electron chi connectivity index (χ2n) is 7.57. The number of methoxy groups -OCH3 is 2. The SMILES string of the molecule is CCCCOc1ccc(NC(=O)N2CCCC2c2cc(OC)ccc2OC)c(C)c1. The lowest BCUT2D eigenvalue weighted by Crippen LogP contribution is -2.34. The van der Waals surface area contributed by atoms with Gasteiger partial charge in [0.1, 0.15) is 17.2 Å². The number of urea groups is 1. The molecule has 0 aromatic heterocycles. The summed E-state index contributed by atoms with van der Waals surface area (Å²) in [6.07, 6.45) is 3.96. The lowest BCUT2D eigenvalue weighted by Gasteiger charge is -2.27. The molecular formula is C24H32N2O4. The highest BCUT2D eigenvalue weighted by Crippen LogP contribution is 2.39. The fourth-order valence-electron chi connectivity index (χ4n) is 3.82. The molecule has 1 atom stereocenters. The van der Waals surface area contributed by atoms with Crippen molar-refractivity contribution in [2.75, 3.05) is 32.7 Å². The maximum absolute atomic E-state index is 13.1. The normalized spacial score (nSPS) is 15.7. The molecule has 0 bridgehead atoms. The summed E-state index contributed by atoms with van der Waals surface area (Å²) in [5, 5.41) is 3.07. The van der Waals surface area contributed by atoms with Crippen molar-refractivity contribution in [2.24, 2.45) is 0 Å². The standard InChI is InChI=1S/C24H32N2O4/c1-5-6-14-30-19-9-11-21(17(2)15-19)25-24(27)26-13-7-8-22(26)20-16-18(28-3)10-12-23(20)29-4/h9-12,15-16,22H,5-8,13-14H2,1-4H3,(H,25,27). The monoisotopic (exact) mass is 412 g/mol. The lowest BCUT2D eigenvalue weighted by molar-refractivity contribution is 0.206. The number of rotatable bonds is 8. The Labute approximate surface area is 179 Å². The summed E-state index contributed by atoms with van der Waals surface area (Å²) >= 11 is 0. The average Bonchev–Trinajstić information content (AvgIpc) is 3.25. The molecular weight excluding hydrogens is 380 g/mol. The molecule has 1 N–H and O–H groups in total. The molecule has 162 valence electrons. The van der Waals surface area contributed by atoms with Crippen molar-refractivity contribution >= 4 is 11.7 Å². The minimum Gasteiger partial charge on any atom is -0.497 e. The molecule has 1 heterocycles. The highest BCUT2D eigenvalue weighted by molar-refractivity contribution is 5.90. The molecule has 0 spiro atoms. The van der Waals surface area contributed by atoms with Crippen LogP contribution in [0.25, 0.3) is 0 Å². The number of likely N-dealkylation sites (tertiary alicyclic amines) is 1. The summed E-state index contributed by atoms with van der Waals surface area (Å²) in [5.41, 5.74) is 2.75. The minimum atomic E-state index is -0.106. The fraction of sp³-hybridized carbons (Fsp3) is 0.458. The van der Waals surface area contributed by atoms with Crippen LogP contribution in [0.4, 0.5) is 10.5 Å². The third kappa shape index (κ3) is 4.99. The van der Waals surface area contributed by atoms with Crippen LogP contribution in [0.15, 0.2) is 36.4 Å². The minimum absolute atomic E-state index is 0.0491. The zero-order valence-electron chi connectivity index (χ0n) is 18.4. The van der Waals surface area contributed by atoms with Gasteiger partial charge < -0.3 is 24.4 Å². The van der Waals surface area contributed by atoms with Crippen molar-refractivity contribution in [3.8, 4) is 17.2 Å². The first-order chi connectivity index (χ1) is 14.6. The summed E-state index contributed by atoms with van der Waals surface area (Å²) < 4.78 is 16.7. The van der Waals surface area contributed by atoms with Gasteiger partial charge in [-0.1, -0.05) is 13.3 Å². The molecule has 1 aliphatic rings. The van der Waals surface area contributed by atoms with Crippen molar-refractivity contribution < 1.29 is 19.0 Å². The zero-order valence-corrected chi connectivity index (χ0v) is 18.4. The third-order valence-electron chi connectivity index (χ3n) is 5.52. The highest BCUT2D eigenvalue weighted by atomic mass is 16.5. The first-order valence-corrected chi connectivity index (χ1v) is 10.6. The number of hydrogen-bond acceptors (Lipinski definition) is 4. The average molecular weight is 413 g/mol. The Hall–Kier alpha value is -2.89. The van der Waals surface area contributed by atoms with Gasteiger partial charge in [-0.3, -0.25) is 0 Å². The topological polar surface area (TPSA) is 60.0 Å². The fourth-order valence-corrected chi connectivity index (χ4v) is 3.82. The molecule has 2 aromatic carbocycles. The van der Waals surface area contributed by atoms with Gasteiger partial charge in [-0.25, -0.2) is 4.79 Å². The van der Waals surface area contributed by atoms with Gasteiger partial charge in [-0.05, 0) is 68.1 Å². The molecule has 1 fully saturated rings.